The molecule has 194 valence electrons. The van der Waals surface area contributed by atoms with E-state index in [1.807, 2.05) is 6.07 Å². The molecule has 36 heavy (non-hydrogen) atoms. The standard InChI is InChI=1S/C25H30N4O6.ClH/c30-20-5-4-19(22(31)26-20)29-23(32)17-2-1-3-18(21(17)24(29)33)28-12-6-15(7-13-28)14-27-10-8-16(9-11-27)25(34)35;/h1-3,15-16,19H,4-14H2,(H,34,35)(H,26,30,31);1H. The number of carbonyl (C=O) groups is 5. The minimum atomic E-state index is -0.969. The first-order valence-corrected chi connectivity index (χ1v) is 12.4. The Bertz CT molecular complexity index is 1080. The first-order chi connectivity index (χ1) is 16.8. The number of likely N-dealkylation sites (tertiary alicyclic amines) is 1. The largest absolute Gasteiger partial charge is 0.481 e. The van der Waals surface area contributed by atoms with Crippen LogP contribution in [-0.2, 0) is 14.4 Å². The van der Waals surface area contributed by atoms with Crippen LogP contribution in [0.4, 0.5) is 5.69 Å². The van der Waals surface area contributed by atoms with Gasteiger partial charge in [0.2, 0.25) is 11.8 Å². The molecule has 0 aliphatic carbocycles. The number of hydrogen-bond donors (Lipinski definition) is 2. The van der Waals surface area contributed by atoms with Gasteiger partial charge in [0.15, 0.2) is 0 Å². The molecule has 4 amide bonds. The van der Waals surface area contributed by atoms with E-state index in [1.165, 1.54) is 0 Å². The summed E-state index contributed by atoms with van der Waals surface area (Å²) in [5.74, 6) is -2.38. The van der Waals surface area contributed by atoms with Crippen LogP contribution in [0.25, 0.3) is 0 Å². The molecular formula is C25H31ClN4O6. The molecule has 0 radical (unpaired) electrons. The average Bonchev–Trinajstić information content (AvgIpc) is 3.10. The van der Waals surface area contributed by atoms with Crippen molar-refractivity contribution >= 4 is 47.7 Å². The van der Waals surface area contributed by atoms with Crippen LogP contribution in [0.1, 0.15) is 59.2 Å². The normalized spacial score (nSPS) is 23.9. The summed E-state index contributed by atoms with van der Waals surface area (Å²) in [5, 5.41) is 11.4. The lowest BCUT2D eigenvalue weighted by molar-refractivity contribution is -0.143. The number of nitrogens with one attached hydrogen (secondary N) is 1. The van der Waals surface area contributed by atoms with Crippen molar-refractivity contribution in [1.29, 1.82) is 0 Å². The molecule has 4 aliphatic heterocycles. The van der Waals surface area contributed by atoms with E-state index in [0.717, 1.165) is 56.2 Å². The molecule has 3 fully saturated rings. The van der Waals surface area contributed by atoms with E-state index in [4.69, 9.17) is 0 Å². The number of halogens is 1. The number of hydrogen-bond acceptors (Lipinski definition) is 7. The minimum Gasteiger partial charge on any atom is -0.481 e. The van der Waals surface area contributed by atoms with Crippen molar-refractivity contribution < 1.29 is 29.1 Å². The monoisotopic (exact) mass is 518 g/mol. The predicted octanol–water partition coefficient (Wildman–Crippen LogP) is 1.52. The molecule has 5 rings (SSSR count). The number of anilines is 1. The van der Waals surface area contributed by atoms with Crippen molar-refractivity contribution in [3.05, 3.63) is 29.3 Å². The fourth-order valence-electron chi connectivity index (χ4n) is 5.84. The first-order valence-electron chi connectivity index (χ1n) is 12.4. The summed E-state index contributed by atoms with van der Waals surface area (Å²) in [6.07, 6.45) is 3.52. The second-order valence-corrected chi connectivity index (χ2v) is 9.99. The number of aliphatic carboxylic acids is 1. The number of carboxylic acids is 1. The van der Waals surface area contributed by atoms with E-state index in [2.05, 4.69) is 15.1 Å². The quantitative estimate of drug-likeness (QED) is 0.562. The maximum Gasteiger partial charge on any atom is 0.306 e. The predicted molar refractivity (Wildman–Crippen MR) is 132 cm³/mol. The van der Waals surface area contributed by atoms with Crippen molar-refractivity contribution in [1.82, 2.24) is 15.1 Å². The van der Waals surface area contributed by atoms with Crippen LogP contribution in [0, 0.1) is 11.8 Å². The Labute approximate surface area is 215 Å². The van der Waals surface area contributed by atoms with Gasteiger partial charge in [0, 0.05) is 26.1 Å². The number of amides is 4. The second-order valence-electron chi connectivity index (χ2n) is 9.99. The maximum absolute atomic E-state index is 13.4. The van der Waals surface area contributed by atoms with Gasteiger partial charge in [0.25, 0.3) is 11.8 Å². The van der Waals surface area contributed by atoms with E-state index in [9.17, 15) is 29.1 Å². The van der Waals surface area contributed by atoms with Gasteiger partial charge in [-0.1, -0.05) is 6.07 Å². The van der Waals surface area contributed by atoms with Crippen LogP contribution >= 0.6 is 12.4 Å². The number of carboxylic acid groups (broad SMARTS) is 1. The van der Waals surface area contributed by atoms with Crippen molar-refractivity contribution in [2.75, 3.05) is 37.6 Å². The minimum absolute atomic E-state index is 0. The highest BCUT2D eigenvalue weighted by atomic mass is 35.5. The lowest BCUT2D eigenvalue weighted by atomic mass is 9.92. The Morgan fingerprint density at radius 2 is 1.64 bits per heavy atom. The lowest BCUT2D eigenvalue weighted by Gasteiger charge is -2.38. The van der Waals surface area contributed by atoms with Crippen molar-refractivity contribution in [2.45, 2.75) is 44.6 Å². The van der Waals surface area contributed by atoms with Gasteiger partial charge in [-0.05, 0) is 63.2 Å². The Balaban J connectivity index is 0.00000304. The Kier molecular flexibility index (Phi) is 7.65. The Morgan fingerprint density at radius 3 is 2.28 bits per heavy atom. The van der Waals surface area contributed by atoms with Gasteiger partial charge in [-0.3, -0.25) is 34.2 Å². The number of piperidine rings is 3. The molecule has 4 heterocycles. The summed E-state index contributed by atoms with van der Waals surface area (Å²) in [6.45, 7) is 4.10. The van der Waals surface area contributed by atoms with Gasteiger partial charge in [0.05, 0.1) is 22.7 Å². The molecule has 10 nitrogen and oxygen atoms in total. The number of benzene rings is 1. The molecule has 11 heteroatoms. The molecule has 1 unspecified atom stereocenters. The van der Waals surface area contributed by atoms with E-state index >= 15 is 0 Å². The summed E-state index contributed by atoms with van der Waals surface area (Å²) in [4.78, 5) is 67.0. The number of carbonyl (C=O) groups excluding carboxylic acids is 4. The van der Waals surface area contributed by atoms with Crippen molar-refractivity contribution in [3.63, 3.8) is 0 Å². The van der Waals surface area contributed by atoms with Gasteiger partial charge in [-0.15, -0.1) is 12.4 Å². The lowest BCUT2D eigenvalue weighted by Crippen LogP contribution is -2.54. The van der Waals surface area contributed by atoms with Gasteiger partial charge in [-0.25, -0.2) is 0 Å². The fourth-order valence-corrected chi connectivity index (χ4v) is 5.84. The van der Waals surface area contributed by atoms with Crippen molar-refractivity contribution in [3.8, 4) is 0 Å². The summed E-state index contributed by atoms with van der Waals surface area (Å²) < 4.78 is 0. The molecule has 1 atom stereocenters. The van der Waals surface area contributed by atoms with Crippen LogP contribution < -0.4 is 10.2 Å². The Morgan fingerprint density at radius 1 is 0.944 bits per heavy atom. The van der Waals surface area contributed by atoms with E-state index < -0.39 is 35.6 Å². The summed E-state index contributed by atoms with van der Waals surface area (Å²) in [6, 6.07) is 4.28. The number of fused-ring (bicyclic) bond motifs is 1. The van der Waals surface area contributed by atoms with Crippen LogP contribution in [0.5, 0.6) is 0 Å². The van der Waals surface area contributed by atoms with Gasteiger partial charge in [0.1, 0.15) is 6.04 Å². The molecule has 4 aliphatic rings. The third-order valence-electron chi connectivity index (χ3n) is 7.85. The van der Waals surface area contributed by atoms with Crippen LogP contribution in [0.2, 0.25) is 0 Å². The van der Waals surface area contributed by atoms with Crippen molar-refractivity contribution in [2.24, 2.45) is 11.8 Å². The molecule has 0 spiro atoms. The van der Waals surface area contributed by atoms with Crippen LogP contribution in [-0.4, -0.2) is 83.3 Å². The zero-order chi connectivity index (χ0) is 24.7. The number of nitrogens with zero attached hydrogens (tertiary/aromatic N) is 3. The third-order valence-corrected chi connectivity index (χ3v) is 7.85. The van der Waals surface area contributed by atoms with Crippen LogP contribution in [0.15, 0.2) is 18.2 Å². The first kappa shape index (κ1) is 26.1. The number of rotatable bonds is 5. The third kappa shape index (κ3) is 4.84. The van der Waals surface area contributed by atoms with E-state index in [-0.39, 0.29) is 31.2 Å². The fraction of sp³-hybridized carbons (Fsp3) is 0.560. The molecule has 3 saturated heterocycles. The summed E-state index contributed by atoms with van der Waals surface area (Å²) >= 11 is 0. The maximum atomic E-state index is 13.4. The average molecular weight is 519 g/mol. The SMILES string of the molecule is Cl.O=C1CCC(N2C(=O)c3cccc(N4CCC(CN5CCC(C(=O)O)CC5)CC4)c3C2=O)C(=O)N1. The Hall–Kier alpha value is -2.98. The smallest absolute Gasteiger partial charge is 0.306 e. The molecule has 0 aromatic heterocycles. The van der Waals surface area contributed by atoms with E-state index in [1.54, 1.807) is 12.1 Å². The van der Waals surface area contributed by atoms with Gasteiger partial charge in [-0.2, -0.15) is 0 Å². The summed E-state index contributed by atoms with van der Waals surface area (Å²) in [5.41, 5.74) is 1.37. The molecule has 0 bridgehead atoms. The molecule has 2 N–H and O–H groups in total. The summed E-state index contributed by atoms with van der Waals surface area (Å²) in [7, 11) is 0. The molecule has 0 saturated carbocycles. The zero-order valence-electron chi connectivity index (χ0n) is 20.0. The molecule has 1 aromatic rings. The van der Waals surface area contributed by atoms with Gasteiger partial charge >= 0.3 is 5.97 Å². The molecular weight excluding hydrogens is 488 g/mol. The van der Waals surface area contributed by atoms with E-state index in [0.29, 0.717) is 29.9 Å². The van der Waals surface area contributed by atoms with Crippen LogP contribution in [0.3, 0.4) is 0 Å². The number of imide groups is 2. The highest BCUT2D eigenvalue weighted by molar-refractivity contribution is 6.25. The topological polar surface area (TPSA) is 127 Å². The zero-order valence-corrected chi connectivity index (χ0v) is 20.8. The van der Waals surface area contributed by atoms with Gasteiger partial charge < -0.3 is 14.9 Å². The highest BCUT2D eigenvalue weighted by Crippen LogP contribution is 2.36. The molecule has 1 aromatic carbocycles. The second kappa shape index (κ2) is 10.6. The highest BCUT2D eigenvalue weighted by Gasteiger charge is 2.46.